The van der Waals surface area contributed by atoms with Gasteiger partial charge in [0.25, 0.3) is 0 Å². The maximum atomic E-state index is 11.5. The van der Waals surface area contributed by atoms with Crippen molar-refractivity contribution in [1.29, 1.82) is 0 Å². The minimum atomic E-state index is -0.250. The lowest BCUT2D eigenvalue weighted by Gasteiger charge is -2.13. The van der Waals surface area contributed by atoms with Crippen LogP contribution in [0.2, 0.25) is 0 Å². The molecule has 0 fully saturated rings. The molecule has 0 aromatic rings. The third-order valence-electron chi connectivity index (χ3n) is 2.79. The standard InChI is InChI=1S/C15H28O4/c1-5-18-14(16)10-7-11-15(17)19-13(4)9-6-8-12(2)3/h12-13H,5-11H2,1-4H3. The number of hydrogen-bond acceptors (Lipinski definition) is 4. The first-order chi connectivity index (χ1) is 8.95. The Bertz CT molecular complexity index is 261. The van der Waals surface area contributed by atoms with Crippen LogP contribution < -0.4 is 0 Å². The highest BCUT2D eigenvalue weighted by atomic mass is 16.5. The molecule has 0 radical (unpaired) electrons. The molecule has 112 valence electrons. The summed E-state index contributed by atoms with van der Waals surface area (Å²) >= 11 is 0. The number of ether oxygens (including phenoxy) is 2. The van der Waals surface area contributed by atoms with Gasteiger partial charge < -0.3 is 9.47 Å². The molecule has 4 heteroatoms. The van der Waals surface area contributed by atoms with Gasteiger partial charge in [-0.05, 0) is 39.0 Å². The van der Waals surface area contributed by atoms with Crippen LogP contribution in [-0.2, 0) is 19.1 Å². The molecule has 4 nitrogen and oxygen atoms in total. The van der Waals surface area contributed by atoms with Gasteiger partial charge in [-0.1, -0.05) is 20.3 Å². The van der Waals surface area contributed by atoms with Gasteiger partial charge in [0, 0.05) is 12.8 Å². The molecule has 0 bridgehead atoms. The normalized spacial score (nSPS) is 12.3. The van der Waals surface area contributed by atoms with Gasteiger partial charge in [0.05, 0.1) is 12.7 Å². The molecule has 1 atom stereocenters. The molecule has 0 rings (SSSR count). The van der Waals surface area contributed by atoms with E-state index in [0.29, 0.717) is 18.9 Å². The Labute approximate surface area is 116 Å². The summed E-state index contributed by atoms with van der Waals surface area (Å²) in [7, 11) is 0. The van der Waals surface area contributed by atoms with E-state index in [-0.39, 0.29) is 30.9 Å². The number of rotatable bonds is 10. The molecular formula is C15H28O4. The van der Waals surface area contributed by atoms with Crippen LogP contribution in [-0.4, -0.2) is 24.6 Å². The first-order valence-electron chi connectivity index (χ1n) is 7.30. The third-order valence-corrected chi connectivity index (χ3v) is 2.79. The molecular weight excluding hydrogens is 244 g/mol. The number of esters is 2. The molecule has 19 heavy (non-hydrogen) atoms. The summed E-state index contributed by atoms with van der Waals surface area (Å²) in [6, 6.07) is 0. The van der Waals surface area contributed by atoms with Crippen molar-refractivity contribution in [3.63, 3.8) is 0 Å². The van der Waals surface area contributed by atoms with Gasteiger partial charge in [0.2, 0.25) is 0 Å². The van der Waals surface area contributed by atoms with Crippen LogP contribution in [0.3, 0.4) is 0 Å². The fourth-order valence-electron chi connectivity index (χ4n) is 1.77. The van der Waals surface area contributed by atoms with E-state index in [1.54, 1.807) is 6.92 Å². The zero-order chi connectivity index (χ0) is 14.7. The van der Waals surface area contributed by atoms with E-state index >= 15 is 0 Å². The van der Waals surface area contributed by atoms with Gasteiger partial charge in [0.15, 0.2) is 0 Å². The van der Waals surface area contributed by atoms with Gasteiger partial charge >= 0.3 is 11.9 Å². The van der Waals surface area contributed by atoms with E-state index in [1.165, 1.54) is 0 Å². The smallest absolute Gasteiger partial charge is 0.306 e. The second-order valence-electron chi connectivity index (χ2n) is 5.28. The third kappa shape index (κ3) is 11.7. The Morgan fingerprint density at radius 1 is 0.947 bits per heavy atom. The van der Waals surface area contributed by atoms with E-state index in [0.717, 1.165) is 19.3 Å². The average Bonchev–Trinajstić information content (AvgIpc) is 2.28. The van der Waals surface area contributed by atoms with E-state index in [1.807, 2.05) is 6.92 Å². The molecule has 1 unspecified atom stereocenters. The Hall–Kier alpha value is -1.06. The lowest BCUT2D eigenvalue weighted by Crippen LogP contribution is -2.15. The molecule has 0 saturated carbocycles. The molecule has 0 aliphatic rings. The minimum Gasteiger partial charge on any atom is -0.466 e. The summed E-state index contributed by atoms with van der Waals surface area (Å²) in [5.74, 6) is 0.217. The van der Waals surface area contributed by atoms with Gasteiger partial charge in [-0.3, -0.25) is 9.59 Å². The van der Waals surface area contributed by atoms with Crippen molar-refractivity contribution in [2.24, 2.45) is 5.92 Å². The molecule has 0 aromatic heterocycles. The fourth-order valence-corrected chi connectivity index (χ4v) is 1.77. The maximum absolute atomic E-state index is 11.5. The highest BCUT2D eigenvalue weighted by molar-refractivity contribution is 5.72. The molecule has 0 spiro atoms. The predicted molar refractivity (Wildman–Crippen MR) is 74.7 cm³/mol. The topological polar surface area (TPSA) is 52.6 Å². The van der Waals surface area contributed by atoms with Gasteiger partial charge in [-0.15, -0.1) is 0 Å². The molecule has 0 heterocycles. The average molecular weight is 272 g/mol. The second-order valence-corrected chi connectivity index (χ2v) is 5.28. The van der Waals surface area contributed by atoms with Crippen molar-refractivity contribution < 1.29 is 19.1 Å². The SMILES string of the molecule is CCOC(=O)CCCC(=O)OC(C)CCCC(C)C. The van der Waals surface area contributed by atoms with Crippen molar-refractivity contribution in [1.82, 2.24) is 0 Å². The van der Waals surface area contributed by atoms with Gasteiger partial charge in [-0.2, -0.15) is 0 Å². The van der Waals surface area contributed by atoms with Gasteiger partial charge in [0.1, 0.15) is 0 Å². The van der Waals surface area contributed by atoms with Crippen molar-refractivity contribution in [3.05, 3.63) is 0 Å². The molecule has 0 saturated heterocycles. The molecule has 0 N–H and O–H groups in total. The Morgan fingerprint density at radius 3 is 2.16 bits per heavy atom. The number of carbonyl (C=O) groups excluding carboxylic acids is 2. The van der Waals surface area contributed by atoms with Crippen LogP contribution in [0.4, 0.5) is 0 Å². The van der Waals surface area contributed by atoms with Crippen LogP contribution in [0.15, 0.2) is 0 Å². The number of carbonyl (C=O) groups is 2. The van der Waals surface area contributed by atoms with Crippen LogP contribution >= 0.6 is 0 Å². The monoisotopic (exact) mass is 272 g/mol. The molecule has 0 aliphatic carbocycles. The quantitative estimate of drug-likeness (QED) is 0.571. The van der Waals surface area contributed by atoms with Crippen molar-refractivity contribution in [2.75, 3.05) is 6.61 Å². The van der Waals surface area contributed by atoms with Crippen LogP contribution in [0, 0.1) is 5.92 Å². The van der Waals surface area contributed by atoms with E-state index in [4.69, 9.17) is 9.47 Å². The minimum absolute atomic E-state index is 0.0335. The predicted octanol–water partition coefficient (Wildman–Crippen LogP) is 3.48. The summed E-state index contributed by atoms with van der Waals surface area (Å²) in [6.07, 6.45) is 4.17. The van der Waals surface area contributed by atoms with E-state index in [2.05, 4.69) is 13.8 Å². The number of hydrogen-bond donors (Lipinski definition) is 0. The summed E-state index contributed by atoms with van der Waals surface area (Å²) in [6.45, 7) is 8.45. The summed E-state index contributed by atoms with van der Waals surface area (Å²) in [4.78, 5) is 22.6. The molecule has 0 aliphatic heterocycles. The molecule has 0 amide bonds. The zero-order valence-corrected chi connectivity index (χ0v) is 12.7. The van der Waals surface area contributed by atoms with E-state index < -0.39 is 0 Å². The first-order valence-corrected chi connectivity index (χ1v) is 7.30. The summed E-state index contributed by atoms with van der Waals surface area (Å²) < 4.78 is 10.1. The Balaban J connectivity index is 3.59. The first kappa shape index (κ1) is 17.9. The van der Waals surface area contributed by atoms with Crippen LogP contribution in [0.1, 0.15) is 66.2 Å². The van der Waals surface area contributed by atoms with Crippen LogP contribution in [0.5, 0.6) is 0 Å². The Kier molecular flexibility index (Phi) is 10.2. The lowest BCUT2D eigenvalue weighted by atomic mass is 10.0. The fraction of sp³-hybridized carbons (Fsp3) is 0.867. The van der Waals surface area contributed by atoms with Crippen molar-refractivity contribution in [3.8, 4) is 0 Å². The molecule has 0 aromatic carbocycles. The highest BCUT2D eigenvalue weighted by Gasteiger charge is 2.11. The zero-order valence-electron chi connectivity index (χ0n) is 12.7. The summed E-state index contributed by atoms with van der Waals surface area (Å²) in [5, 5.41) is 0. The Morgan fingerprint density at radius 2 is 1.58 bits per heavy atom. The van der Waals surface area contributed by atoms with Crippen molar-refractivity contribution in [2.45, 2.75) is 72.3 Å². The lowest BCUT2D eigenvalue weighted by molar-refractivity contribution is -0.149. The maximum Gasteiger partial charge on any atom is 0.306 e. The summed E-state index contributed by atoms with van der Waals surface area (Å²) in [5.41, 5.74) is 0. The highest BCUT2D eigenvalue weighted by Crippen LogP contribution is 2.11. The van der Waals surface area contributed by atoms with Crippen LogP contribution in [0.25, 0.3) is 0 Å². The van der Waals surface area contributed by atoms with Gasteiger partial charge in [-0.25, -0.2) is 0 Å². The van der Waals surface area contributed by atoms with Crippen molar-refractivity contribution >= 4 is 11.9 Å². The largest absolute Gasteiger partial charge is 0.466 e. The van der Waals surface area contributed by atoms with E-state index in [9.17, 15) is 9.59 Å². The second kappa shape index (κ2) is 10.8.